The number of carbonyl (C=O) groups excluding carboxylic acids is 2. The molecule has 3 atom stereocenters. The van der Waals surface area contributed by atoms with Crippen molar-refractivity contribution in [1.82, 2.24) is 24.3 Å². The van der Waals surface area contributed by atoms with E-state index in [1.165, 1.54) is 10.1 Å². The number of fused-ring (bicyclic) bond motifs is 1. The second kappa shape index (κ2) is 11.9. The third-order valence-corrected chi connectivity index (χ3v) is 8.32. The second-order valence-corrected chi connectivity index (χ2v) is 11.8. The molecule has 11 nitrogen and oxygen atoms in total. The number of rotatable bonds is 7. The first-order chi connectivity index (χ1) is 18.5. The molecule has 40 heavy (non-hydrogen) atoms. The Morgan fingerprint density at radius 3 is 2.20 bits per heavy atom. The maximum Gasteiger partial charge on any atom is 0.354 e. The molecule has 2 aliphatic heterocycles. The fraction of sp³-hybridized carbons (Fsp3) is 0.571. The predicted octanol–water partition coefficient (Wildman–Crippen LogP) is 1.14. The number of piperazine rings is 1. The zero-order chi connectivity index (χ0) is 27.9. The minimum Gasteiger partial charge on any atom is -0.338 e. The molecule has 5 rings (SSSR count). The quantitative estimate of drug-likeness (QED) is 0.451. The normalized spacial score (nSPS) is 23.3. The Kier molecular flexibility index (Phi) is 8.89. The van der Waals surface area contributed by atoms with E-state index in [2.05, 4.69) is 34.3 Å². The maximum atomic E-state index is 12.7. The molecule has 1 aliphatic carbocycles. The number of nitrogens with two attached hydrogens (primary N) is 2. The van der Waals surface area contributed by atoms with Gasteiger partial charge < -0.3 is 26.2 Å². The van der Waals surface area contributed by atoms with Crippen LogP contribution in [0.3, 0.4) is 0 Å². The number of nitrogens with zero attached hydrogens (tertiary/aromatic N) is 5. The van der Waals surface area contributed by atoms with Crippen LogP contribution in [0.4, 0.5) is 10.6 Å². The summed E-state index contributed by atoms with van der Waals surface area (Å²) >= 11 is 0. The molecule has 2 saturated heterocycles. The van der Waals surface area contributed by atoms with Crippen molar-refractivity contribution in [2.24, 2.45) is 29.2 Å². The van der Waals surface area contributed by atoms with Gasteiger partial charge in [-0.3, -0.25) is 14.7 Å². The van der Waals surface area contributed by atoms with E-state index in [0.717, 1.165) is 43.6 Å². The average molecular weight is 573 g/mol. The SMILES string of the molecule is CC(N)C1C2CN(CCc3ccc(-n4ccc(NC(=O)N5CCN(C(=O)C(C)(C)N)CC5)nc4=O)cc3)CC21.Cl. The summed E-state index contributed by atoms with van der Waals surface area (Å²) in [6.07, 6.45) is 2.58. The highest BCUT2D eigenvalue weighted by Crippen LogP contribution is 2.52. The van der Waals surface area contributed by atoms with Crippen LogP contribution in [0.5, 0.6) is 0 Å². The lowest BCUT2D eigenvalue weighted by Gasteiger charge is -2.37. The summed E-state index contributed by atoms with van der Waals surface area (Å²) in [5, 5.41) is 2.70. The maximum absolute atomic E-state index is 12.7. The van der Waals surface area contributed by atoms with Crippen LogP contribution in [-0.4, -0.2) is 93.6 Å². The summed E-state index contributed by atoms with van der Waals surface area (Å²) in [7, 11) is 0. The Bertz CT molecular complexity index is 1260. The number of nitrogens with one attached hydrogen (secondary N) is 1. The molecule has 218 valence electrons. The standard InChI is InChI=1S/C28H40N8O3.ClH/c1-18(29)24-21-16-33(17-22(21)24)10-8-19-4-6-20(7-5-19)36-11-9-23(32-27(36)39)31-26(38)35-14-12-34(13-15-35)25(37)28(2,3)30;/h4-7,9,11,18,21-22,24H,8,10,12-17,29-30H2,1-3H3,(H,31,32,38,39);1H. The first kappa shape index (κ1) is 30.0. The Labute approximate surface area is 241 Å². The fourth-order valence-corrected chi connectivity index (χ4v) is 6.11. The van der Waals surface area contributed by atoms with Gasteiger partial charge in [-0.15, -0.1) is 12.4 Å². The molecule has 3 heterocycles. The van der Waals surface area contributed by atoms with Crippen molar-refractivity contribution in [3.05, 3.63) is 52.6 Å². The van der Waals surface area contributed by atoms with Crippen molar-refractivity contribution in [2.45, 2.75) is 38.8 Å². The van der Waals surface area contributed by atoms with E-state index in [9.17, 15) is 14.4 Å². The van der Waals surface area contributed by atoms with E-state index in [-0.39, 0.29) is 30.2 Å². The highest BCUT2D eigenvalue weighted by molar-refractivity contribution is 5.89. The van der Waals surface area contributed by atoms with E-state index >= 15 is 0 Å². The molecular formula is C28H41ClN8O3. The highest BCUT2D eigenvalue weighted by Gasteiger charge is 2.56. The Morgan fingerprint density at radius 1 is 1.05 bits per heavy atom. The molecule has 1 aromatic heterocycles. The van der Waals surface area contributed by atoms with Gasteiger partial charge in [-0.25, -0.2) is 9.59 Å². The molecule has 3 unspecified atom stereocenters. The largest absolute Gasteiger partial charge is 0.354 e. The van der Waals surface area contributed by atoms with Crippen molar-refractivity contribution >= 4 is 30.2 Å². The summed E-state index contributed by atoms with van der Waals surface area (Å²) in [6.45, 7) is 10.4. The molecule has 5 N–H and O–H groups in total. The first-order valence-corrected chi connectivity index (χ1v) is 13.8. The number of aromatic nitrogens is 2. The highest BCUT2D eigenvalue weighted by atomic mass is 35.5. The number of benzene rings is 1. The van der Waals surface area contributed by atoms with Gasteiger partial charge in [-0.1, -0.05) is 12.1 Å². The lowest BCUT2D eigenvalue weighted by atomic mass is 10.1. The number of hydrogen-bond donors (Lipinski definition) is 3. The second-order valence-electron chi connectivity index (χ2n) is 11.8. The van der Waals surface area contributed by atoms with Gasteiger partial charge in [-0.05, 0) is 68.7 Å². The van der Waals surface area contributed by atoms with Gasteiger partial charge in [0.05, 0.1) is 11.2 Å². The zero-order valence-electron chi connectivity index (χ0n) is 23.5. The Hall–Kier alpha value is -2.99. The summed E-state index contributed by atoms with van der Waals surface area (Å²) in [6, 6.07) is 9.51. The molecule has 1 aromatic carbocycles. The molecule has 3 fully saturated rings. The van der Waals surface area contributed by atoms with E-state index in [1.54, 1.807) is 35.9 Å². The van der Waals surface area contributed by atoms with Gasteiger partial charge in [-0.2, -0.15) is 4.98 Å². The molecule has 0 bridgehead atoms. The average Bonchev–Trinajstić information content (AvgIpc) is 3.42. The van der Waals surface area contributed by atoms with Crippen LogP contribution < -0.4 is 22.5 Å². The van der Waals surface area contributed by atoms with Crippen molar-refractivity contribution in [1.29, 1.82) is 0 Å². The van der Waals surface area contributed by atoms with Crippen LogP contribution in [0.2, 0.25) is 0 Å². The number of carbonyl (C=O) groups is 2. The molecule has 0 spiro atoms. The molecule has 0 radical (unpaired) electrons. The van der Waals surface area contributed by atoms with Crippen LogP contribution in [0.1, 0.15) is 26.3 Å². The Morgan fingerprint density at radius 2 is 1.65 bits per heavy atom. The smallest absolute Gasteiger partial charge is 0.338 e. The van der Waals surface area contributed by atoms with E-state index < -0.39 is 11.2 Å². The van der Waals surface area contributed by atoms with E-state index in [4.69, 9.17) is 11.5 Å². The molecule has 3 aliphatic rings. The molecule has 12 heteroatoms. The Balaban J connectivity index is 0.00000370. The number of urea groups is 1. The lowest BCUT2D eigenvalue weighted by molar-refractivity contribution is -0.137. The van der Waals surface area contributed by atoms with Crippen LogP contribution in [-0.2, 0) is 11.2 Å². The number of amides is 3. The monoisotopic (exact) mass is 572 g/mol. The van der Waals surface area contributed by atoms with E-state index in [1.807, 2.05) is 12.1 Å². The van der Waals surface area contributed by atoms with Crippen LogP contribution >= 0.6 is 12.4 Å². The minimum atomic E-state index is -0.944. The van der Waals surface area contributed by atoms with Gasteiger partial charge in [0.1, 0.15) is 5.82 Å². The van der Waals surface area contributed by atoms with Crippen molar-refractivity contribution in [2.75, 3.05) is 51.1 Å². The predicted molar refractivity (Wildman–Crippen MR) is 157 cm³/mol. The minimum absolute atomic E-state index is 0. The third-order valence-electron chi connectivity index (χ3n) is 8.32. The van der Waals surface area contributed by atoms with Gasteiger partial charge in [0.25, 0.3) is 0 Å². The fourth-order valence-electron chi connectivity index (χ4n) is 6.11. The first-order valence-electron chi connectivity index (χ1n) is 13.8. The third kappa shape index (κ3) is 6.49. The number of piperidine rings is 1. The van der Waals surface area contributed by atoms with Crippen molar-refractivity contribution in [3.63, 3.8) is 0 Å². The lowest BCUT2D eigenvalue weighted by Crippen LogP contribution is -2.58. The van der Waals surface area contributed by atoms with E-state index in [0.29, 0.717) is 38.1 Å². The van der Waals surface area contributed by atoms with Crippen LogP contribution in [0.25, 0.3) is 5.69 Å². The number of likely N-dealkylation sites (tertiary alicyclic amines) is 1. The van der Waals surface area contributed by atoms with Crippen LogP contribution in [0, 0.1) is 17.8 Å². The van der Waals surface area contributed by atoms with Gasteiger partial charge in [0, 0.05) is 58.1 Å². The zero-order valence-corrected chi connectivity index (χ0v) is 24.3. The number of anilines is 1. The van der Waals surface area contributed by atoms with Gasteiger partial charge in [0.15, 0.2) is 0 Å². The summed E-state index contributed by atoms with van der Waals surface area (Å²) in [4.78, 5) is 47.6. The molecular weight excluding hydrogens is 532 g/mol. The molecule has 3 amide bonds. The summed E-state index contributed by atoms with van der Waals surface area (Å²) in [5.41, 5.74) is 12.5. The van der Waals surface area contributed by atoms with Gasteiger partial charge >= 0.3 is 11.7 Å². The van der Waals surface area contributed by atoms with Crippen molar-refractivity contribution < 1.29 is 9.59 Å². The topological polar surface area (TPSA) is 143 Å². The van der Waals surface area contributed by atoms with Crippen LogP contribution in [0.15, 0.2) is 41.3 Å². The summed E-state index contributed by atoms with van der Waals surface area (Å²) < 4.78 is 1.46. The van der Waals surface area contributed by atoms with Crippen molar-refractivity contribution in [3.8, 4) is 5.69 Å². The number of halogens is 1. The molecule has 2 aromatic rings. The number of hydrogen-bond acceptors (Lipinski definition) is 7. The summed E-state index contributed by atoms with van der Waals surface area (Å²) in [5.74, 6) is 2.33. The molecule has 1 saturated carbocycles. The van der Waals surface area contributed by atoms with Gasteiger partial charge in [0.2, 0.25) is 5.91 Å².